The second-order valence-electron chi connectivity index (χ2n) is 5.71. The van der Waals surface area contributed by atoms with Crippen LogP contribution in [-0.2, 0) is 17.8 Å². The van der Waals surface area contributed by atoms with Gasteiger partial charge in [0.2, 0.25) is 5.91 Å². The first kappa shape index (κ1) is 16.3. The number of nitrogens with zero attached hydrogens (tertiary/aromatic N) is 2. The number of aryl methyl sites for hydroxylation is 2. The van der Waals surface area contributed by atoms with E-state index in [1.54, 1.807) is 23.7 Å². The van der Waals surface area contributed by atoms with Crippen LogP contribution in [0.3, 0.4) is 0 Å². The lowest BCUT2D eigenvalue weighted by Crippen LogP contribution is -2.24. The number of pyridine rings is 1. The smallest absolute Gasteiger partial charge is 0.225 e. The van der Waals surface area contributed by atoms with E-state index in [2.05, 4.69) is 40.4 Å². The van der Waals surface area contributed by atoms with Crippen molar-refractivity contribution in [2.45, 2.75) is 26.8 Å². The van der Waals surface area contributed by atoms with Crippen LogP contribution in [-0.4, -0.2) is 15.9 Å². The number of hydrogen-bond donors (Lipinski definition) is 1. The monoisotopic (exact) mass is 337 g/mol. The quantitative estimate of drug-likeness (QED) is 0.773. The van der Waals surface area contributed by atoms with Gasteiger partial charge in [-0.3, -0.25) is 9.78 Å². The molecule has 0 atom stereocenters. The minimum atomic E-state index is 0.00866. The number of hydrogen-bond acceptors (Lipinski definition) is 4. The molecule has 5 heteroatoms. The Morgan fingerprint density at radius 1 is 1.17 bits per heavy atom. The zero-order valence-corrected chi connectivity index (χ0v) is 14.6. The lowest BCUT2D eigenvalue weighted by atomic mass is 10.1. The summed E-state index contributed by atoms with van der Waals surface area (Å²) in [6, 6.07) is 12.1. The van der Waals surface area contributed by atoms with Crippen molar-refractivity contribution in [1.82, 2.24) is 15.3 Å². The highest BCUT2D eigenvalue weighted by atomic mass is 32.1. The Morgan fingerprint density at radius 3 is 2.71 bits per heavy atom. The largest absolute Gasteiger partial charge is 0.352 e. The van der Waals surface area contributed by atoms with Gasteiger partial charge in [0, 0.05) is 29.4 Å². The van der Waals surface area contributed by atoms with Gasteiger partial charge in [0.05, 0.1) is 12.1 Å². The fourth-order valence-electron chi connectivity index (χ4n) is 2.40. The molecule has 0 aliphatic carbocycles. The molecule has 0 aliphatic rings. The summed E-state index contributed by atoms with van der Waals surface area (Å²) in [5.41, 5.74) is 4.28. The summed E-state index contributed by atoms with van der Waals surface area (Å²) in [5.74, 6) is 0.00866. The zero-order valence-electron chi connectivity index (χ0n) is 13.7. The zero-order chi connectivity index (χ0) is 16.9. The van der Waals surface area contributed by atoms with Crippen LogP contribution in [0.15, 0.2) is 48.8 Å². The highest BCUT2D eigenvalue weighted by molar-refractivity contribution is 7.15. The van der Waals surface area contributed by atoms with Gasteiger partial charge >= 0.3 is 0 Å². The fourth-order valence-corrected chi connectivity index (χ4v) is 3.46. The average molecular weight is 337 g/mol. The first-order valence-corrected chi connectivity index (χ1v) is 8.62. The average Bonchev–Trinajstić information content (AvgIpc) is 2.95. The number of nitrogens with one attached hydrogen (secondary N) is 1. The SMILES string of the molecule is Cc1cccc(-c2nc(C)c(CC(=O)NCc3ccncc3)s2)c1. The first-order valence-electron chi connectivity index (χ1n) is 7.81. The molecule has 1 N–H and O–H groups in total. The minimum Gasteiger partial charge on any atom is -0.352 e. The molecule has 0 unspecified atom stereocenters. The van der Waals surface area contributed by atoms with Gasteiger partial charge in [-0.25, -0.2) is 4.98 Å². The summed E-state index contributed by atoms with van der Waals surface area (Å²) in [6.07, 6.45) is 3.81. The number of amides is 1. The summed E-state index contributed by atoms with van der Waals surface area (Å²) in [5, 5.41) is 3.91. The molecule has 24 heavy (non-hydrogen) atoms. The standard InChI is InChI=1S/C19H19N3OS/c1-13-4-3-5-16(10-13)19-22-14(2)17(24-19)11-18(23)21-12-15-6-8-20-9-7-15/h3-10H,11-12H2,1-2H3,(H,21,23). The molecule has 3 rings (SSSR count). The van der Waals surface area contributed by atoms with E-state index in [0.717, 1.165) is 26.7 Å². The Bertz CT molecular complexity index is 843. The van der Waals surface area contributed by atoms with Crippen molar-refractivity contribution in [3.05, 3.63) is 70.5 Å². The predicted octanol–water partition coefficient (Wildman–Crippen LogP) is 3.68. The molecule has 2 heterocycles. The number of aromatic nitrogens is 2. The molecule has 0 fully saturated rings. The second kappa shape index (κ2) is 7.36. The molecule has 0 bridgehead atoms. The first-order chi connectivity index (χ1) is 11.6. The van der Waals surface area contributed by atoms with Gasteiger partial charge in [-0.2, -0.15) is 0 Å². The highest BCUT2D eigenvalue weighted by Crippen LogP contribution is 2.28. The van der Waals surface area contributed by atoms with E-state index >= 15 is 0 Å². The van der Waals surface area contributed by atoms with Crippen molar-refractivity contribution in [1.29, 1.82) is 0 Å². The van der Waals surface area contributed by atoms with E-state index in [9.17, 15) is 4.79 Å². The van der Waals surface area contributed by atoms with Crippen LogP contribution in [0.25, 0.3) is 10.6 Å². The van der Waals surface area contributed by atoms with Crippen LogP contribution in [0.2, 0.25) is 0 Å². The van der Waals surface area contributed by atoms with Crippen molar-refractivity contribution in [2.24, 2.45) is 0 Å². The molecular formula is C19H19N3OS. The lowest BCUT2D eigenvalue weighted by molar-refractivity contribution is -0.120. The Hall–Kier alpha value is -2.53. The summed E-state index contributed by atoms with van der Waals surface area (Å²) >= 11 is 1.59. The van der Waals surface area contributed by atoms with Crippen LogP contribution in [0.1, 0.15) is 21.7 Å². The van der Waals surface area contributed by atoms with Crippen LogP contribution >= 0.6 is 11.3 Å². The highest BCUT2D eigenvalue weighted by Gasteiger charge is 2.13. The van der Waals surface area contributed by atoms with E-state index in [-0.39, 0.29) is 5.91 Å². The van der Waals surface area contributed by atoms with Crippen molar-refractivity contribution in [3.63, 3.8) is 0 Å². The third kappa shape index (κ3) is 4.06. The van der Waals surface area contributed by atoms with Gasteiger partial charge in [-0.05, 0) is 37.6 Å². The fraction of sp³-hybridized carbons (Fsp3) is 0.211. The minimum absolute atomic E-state index is 0.00866. The van der Waals surface area contributed by atoms with Crippen LogP contribution in [0.4, 0.5) is 0 Å². The molecule has 1 amide bonds. The topological polar surface area (TPSA) is 54.9 Å². The Kier molecular flexibility index (Phi) is 5.01. The lowest BCUT2D eigenvalue weighted by Gasteiger charge is -2.04. The number of rotatable bonds is 5. The van der Waals surface area contributed by atoms with Crippen molar-refractivity contribution < 1.29 is 4.79 Å². The number of benzene rings is 1. The molecule has 1 aromatic carbocycles. The van der Waals surface area contributed by atoms with Crippen LogP contribution in [0, 0.1) is 13.8 Å². The van der Waals surface area contributed by atoms with E-state index in [1.165, 1.54) is 5.56 Å². The van der Waals surface area contributed by atoms with Gasteiger partial charge in [-0.15, -0.1) is 11.3 Å². The van der Waals surface area contributed by atoms with Crippen molar-refractivity contribution >= 4 is 17.2 Å². The third-order valence-corrected chi connectivity index (χ3v) is 4.92. The van der Waals surface area contributed by atoms with E-state index in [0.29, 0.717) is 13.0 Å². The van der Waals surface area contributed by atoms with E-state index < -0.39 is 0 Å². The predicted molar refractivity (Wildman–Crippen MR) is 96.8 cm³/mol. The van der Waals surface area contributed by atoms with Crippen LogP contribution < -0.4 is 5.32 Å². The number of thiazole rings is 1. The molecule has 2 aromatic heterocycles. The molecule has 0 aliphatic heterocycles. The summed E-state index contributed by atoms with van der Waals surface area (Å²) < 4.78 is 0. The maximum Gasteiger partial charge on any atom is 0.225 e. The number of carbonyl (C=O) groups is 1. The maximum absolute atomic E-state index is 12.2. The van der Waals surface area contributed by atoms with Crippen LogP contribution in [0.5, 0.6) is 0 Å². The van der Waals surface area contributed by atoms with Gasteiger partial charge in [0.1, 0.15) is 5.01 Å². The molecule has 0 radical (unpaired) electrons. The van der Waals surface area contributed by atoms with Gasteiger partial charge in [0.15, 0.2) is 0 Å². The van der Waals surface area contributed by atoms with Gasteiger partial charge < -0.3 is 5.32 Å². The maximum atomic E-state index is 12.2. The molecule has 0 saturated carbocycles. The molecular weight excluding hydrogens is 318 g/mol. The van der Waals surface area contributed by atoms with Crippen molar-refractivity contribution in [3.8, 4) is 10.6 Å². The Balaban J connectivity index is 1.66. The third-order valence-electron chi connectivity index (χ3n) is 3.72. The Morgan fingerprint density at radius 2 is 1.96 bits per heavy atom. The summed E-state index contributed by atoms with van der Waals surface area (Å²) in [7, 11) is 0. The second-order valence-corrected chi connectivity index (χ2v) is 6.79. The van der Waals surface area contributed by atoms with Gasteiger partial charge in [0.25, 0.3) is 0 Å². The van der Waals surface area contributed by atoms with Gasteiger partial charge in [-0.1, -0.05) is 23.8 Å². The Labute approximate surface area is 145 Å². The van der Waals surface area contributed by atoms with E-state index in [1.807, 2.05) is 25.1 Å². The normalized spacial score (nSPS) is 10.6. The molecule has 0 spiro atoms. The van der Waals surface area contributed by atoms with Crippen molar-refractivity contribution in [2.75, 3.05) is 0 Å². The molecule has 122 valence electrons. The number of carbonyl (C=O) groups excluding carboxylic acids is 1. The molecule has 0 saturated heterocycles. The molecule has 4 nitrogen and oxygen atoms in total. The summed E-state index contributed by atoms with van der Waals surface area (Å²) in [6.45, 7) is 4.54. The molecule has 3 aromatic rings. The summed E-state index contributed by atoms with van der Waals surface area (Å²) in [4.78, 5) is 21.8. The van der Waals surface area contributed by atoms with E-state index in [4.69, 9.17) is 0 Å².